The van der Waals surface area contributed by atoms with Crippen LogP contribution >= 0.6 is 0 Å². The maximum Gasteiger partial charge on any atom is 0.260 e. The van der Waals surface area contributed by atoms with E-state index in [0.717, 1.165) is 5.69 Å². The molecule has 1 aromatic heterocycles. The summed E-state index contributed by atoms with van der Waals surface area (Å²) in [5.41, 5.74) is 7.55. The van der Waals surface area contributed by atoms with Crippen molar-refractivity contribution in [3.05, 3.63) is 48.3 Å². The number of carbonyl (C=O) groups is 1. The summed E-state index contributed by atoms with van der Waals surface area (Å²) in [4.78, 5) is 18.2. The number of nitrogens with two attached hydrogens (primary N) is 1. The van der Waals surface area contributed by atoms with Crippen molar-refractivity contribution in [3.8, 4) is 5.75 Å². The number of nitrogens with zero attached hydrogens (tertiary/aromatic N) is 2. The number of pyridine rings is 1. The monoisotopic (exact) mass is 271 g/mol. The van der Waals surface area contributed by atoms with Gasteiger partial charge < -0.3 is 15.4 Å². The van der Waals surface area contributed by atoms with Crippen molar-refractivity contribution in [3.63, 3.8) is 0 Å². The molecule has 1 heterocycles. The fraction of sp³-hybridized carbons (Fsp3) is 0.200. The molecule has 0 aliphatic heterocycles. The molecule has 5 heteroatoms. The van der Waals surface area contributed by atoms with E-state index in [-0.39, 0.29) is 5.91 Å². The van der Waals surface area contributed by atoms with Crippen molar-refractivity contribution < 1.29 is 9.53 Å². The van der Waals surface area contributed by atoms with Gasteiger partial charge >= 0.3 is 0 Å². The number of carbonyl (C=O) groups excluding carboxylic acids is 1. The first kappa shape index (κ1) is 13.9. The fourth-order valence-corrected chi connectivity index (χ4v) is 1.96. The second kappa shape index (κ2) is 6.06. The van der Waals surface area contributed by atoms with Gasteiger partial charge in [0.05, 0.1) is 12.7 Å². The summed E-state index contributed by atoms with van der Waals surface area (Å²) in [5, 5.41) is 0. The van der Waals surface area contributed by atoms with Crippen LogP contribution in [-0.4, -0.2) is 24.5 Å². The van der Waals surface area contributed by atoms with Gasteiger partial charge in [-0.05, 0) is 37.3 Å². The molecule has 0 spiro atoms. The van der Waals surface area contributed by atoms with E-state index in [4.69, 9.17) is 10.5 Å². The highest BCUT2D eigenvalue weighted by atomic mass is 16.5. The molecule has 0 aliphatic rings. The number of amides is 1. The van der Waals surface area contributed by atoms with Crippen LogP contribution < -0.4 is 15.4 Å². The Labute approximate surface area is 118 Å². The number of aromatic nitrogens is 1. The summed E-state index contributed by atoms with van der Waals surface area (Å²) in [6, 6.07) is 8.64. The van der Waals surface area contributed by atoms with Crippen molar-refractivity contribution in [2.75, 3.05) is 24.3 Å². The van der Waals surface area contributed by atoms with Crippen LogP contribution in [0.2, 0.25) is 0 Å². The molecule has 0 radical (unpaired) electrons. The predicted molar refractivity (Wildman–Crippen MR) is 79.0 cm³/mol. The standard InChI is InChI=1S/C15H17N3O2/c1-3-18(11-6-8-17-9-7-11)15(19)13-10-12(20-2)4-5-14(13)16/h4-10H,3,16H2,1-2H3. The van der Waals surface area contributed by atoms with E-state index in [9.17, 15) is 4.79 Å². The van der Waals surface area contributed by atoms with Crippen molar-refractivity contribution in [2.24, 2.45) is 0 Å². The predicted octanol–water partition coefficient (Wildman–Crippen LogP) is 2.34. The molecular formula is C15H17N3O2. The highest BCUT2D eigenvalue weighted by Gasteiger charge is 2.19. The summed E-state index contributed by atoms with van der Waals surface area (Å²) in [7, 11) is 1.56. The van der Waals surface area contributed by atoms with Crippen LogP contribution in [0.25, 0.3) is 0 Å². The second-order valence-electron chi connectivity index (χ2n) is 4.21. The molecule has 2 aromatic rings. The number of nitrogen functional groups attached to an aromatic ring is 1. The largest absolute Gasteiger partial charge is 0.497 e. The van der Waals surface area contributed by atoms with E-state index < -0.39 is 0 Å². The molecule has 0 saturated heterocycles. The first-order chi connectivity index (χ1) is 9.67. The number of methoxy groups -OCH3 is 1. The molecule has 0 unspecified atom stereocenters. The highest BCUT2D eigenvalue weighted by molar-refractivity contribution is 6.09. The Morgan fingerprint density at radius 1 is 1.30 bits per heavy atom. The van der Waals surface area contributed by atoms with E-state index >= 15 is 0 Å². The molecule has 0 bridgehead atoms. The minimum atomic E-state index is -0.157. The van der Waals surface area contributed by atoms with Gasteiger partial charge in [-0.1, -0.05) is 0 Å². The smallest absolute Gasteiger partial charge is 0.260 e. The van der Waals surface area contributed by atoms with Crippen LogP contribution in [0.15, 0.2) is 42.7 Å². The zero-order valence-electron chi connectivity index (χ0n) is 11.5. The third-order valence-corrected chi connectivity index (χ3v) is 3.03. The Balaban J connectivity index is 2.39. The molecule has 0 fully saturated rings. The molecule has 20 heavy (non-hydrogen) atoms. The molecule has 0 aliphatic carbocycles. The second-order valence-corrected chi connectivity index (χ2v) is 4.21. The van der Waals surface area contributed by atoms with Gasteiger partial charge in [-0.3, -0.25) is 9.78 Å². The van der Waals surface area contributed by atoms with Crippen molar-refractivity contribution in [1.82, 2.24) is 4.98 Å². The van der Waals surface area contributed by atoms with Crippen LogP contribution in [-0.2, 0) is 0 Å². The van der Waals surface area contributed by atoms with Crippen LogP contribution in [0.1, 0.15) is 17.3 Å². The van der Waals surface area contributed by atoms with Gasteiger partial charge in [0.25, 0.3) is 5.91 Å². The lowest BCUT2D eigenvalue weighted by atomic mass is 10.1. The number of anilines is 2. The van der Waals surface area contributed by atoms with Crippen LogP contribution in [0.4, 0.5) is 11.4 Å². The summed E-state index contributed by atoms with van der Waals surface area (Å²) in [6.45, 7) is 2.45. The van der Waals surface area contributed by atoms with E-state index in [0.29, 0.717) is 23.5 Å². The minimum Gasteiger partial charge on any atom is -0.497 e. The maximum absolute atomic E-state index is 12.6. The Hall–Kier alpha value is -2.56. The quantitative estimate of drug-likeness (QED) is 0.867. The Bertz CT molecular complexity index is 599. The van der Waals surface area contributed by atoms with Crippen LogP contribution in [0, 0.1) is 0 Å². The lowest BCUT2D eigenvalue weighted by molar-refractivity contribution is 0.0989. The lowest BCUT2D eigenvalue weighted by Gasteiger charge is -2.21. The topological polar surface area (TPSA) is 68.5 Å². The van der Waals surface area contributed by atoms with Gasteiger partial charge in [0.2, 0.25) is 0 Å². The molecule has 0 atom stereocenters. The maximum atomic E-state index is 12.6. The Morgan fingerprint density at radius 3 is 2.60 bits per heavy atom. The molecule has 2 rings (SSSR count). The lowest BCUT2D eigenvalue weighted by Crippen LogP contribution is -2.31. The normalized spacial score (nSPS) is 10.1. The zero-order chi connectivity index (χ0) is 14.5. The first-order valence-electron chi connectivity index (χ1n) is 6.32. The van der Waals surface area contributed by atoms with E-state index in [1.807, 2.05) is 6.92 Å². The third kappa shape index (κ3) is 2.71. The molecule has 1 amide bonds. The third-order valence-electron chi connectivity index (χ3n) is 3.03. The van der Waals surface area contributed by atoms with E-state index in [1.54, 1.807) is 54.7 Å². The van der Waals surface area contributed by atoms with Gasteiger partial charge in [0.1, 0.15) is 5.75 Å². The van der Waals surface area contributed by atoms with Crippen LogP contribution in [0.3, 0.4) is 0 Å². The molecular weight excluding hydrogens is 254 g/mol. The summed E-state index contributed by atoms with van der Waals surface area (Å²) < 4.78 is 5.14. The summed E-state index contributed by atoms with van der Waals surface area (Å²) >= 11 is 0. The van der Waals surface area contributed by atoms with Gasteiger partial charge in [0, 0.05) is 30.3 Å². The number of hydrogen-bond acceptors (Lipinski definition) is 4. The minimum absolute atomic E-state index is 0.157. The van der Waals surface area contributed by atoms with Gasteiger partial charge in [-0.2, -0.15) is 0 Å². The Morgan fingerprint density at radius 2 is 2.00 bits per heavy atom. The van der Waals surface area contributed by atoms with Crippen LogP contribution in [0.5, 0.6) is 5.75 Å². The van der Waals surface area contributed by atoms with Crippen molar-refractivity contribution >= 4 is 17.3 Å². The molecule has 2 N–H and O–H groups in total. The number of ether oxygens (including phenoxy) is 1. The van der Waals surface area contributed by atoms with Gasteiger partial charge in [-0.15, -0.1) is 0 Å². The van der Waals surface area contributed by atoms with Crippen molar-refractivity contribution in [1.29, 1.82) is 0 Å². The molecule has 5 nitrogen and oxygen atoms in total. The molecule has 1 aromatic carbocycles. The molecule has 104 valence electrons. The van der Waals surface area contributed by atoms with Crippen molar-refractivity contribution in [2.45, 2.75) is 6.92 Å². The number of hydrogen-bond donors (Lipinski definition) is 1. The summed E-state index contributed by atoms with van der Waals surface area (Å²) in [6.07, 6.45) is 3.31. The van der Waals surface area contributed by atoms with Gasteiger partial charge in [-0.25, -0.2) is 0 Å². The van der Waals surface area contributed by atoms with E-state index in [2.05, 4.69) is 4.98 Å². The van der Waals surface area contributed by atoms with Gasteiger partial charge in [0.15, 0.2) is 0 Å². The highest BCUT2D eigenvalue weighted by Crippen LogP contribution is 2.23. The Kier molecular flexibility index (Phi) is 4.20. The SMILES string of the molecule is CCN(C(=O)c1cc(OC)ccc1N)c1ccncc1. The average molecular weight is 271 g/mol. The zero-order valence-corrected chi connectivity index (χ0v) is 11.5. The molecule has 0 saturated carbocycles. The first-order valence-corrected chi connectivity index (χ1v) is 6.32. The average Bonchev–Trinajstić information content (AvgIpc) is 2.49. The summed E-state index contributed by atoms with van der Waals surface area (Å²) in [5.74, 6) is 0.448. The number of rotatable bonds is 4. The fourth-order valence-electron chi connectivity index (χ4n) is 1.96. The number of benzene rings is 1. The van der Waals surface area contributed by atoms with E-state index in [1.165, 1.54) is 0 Å².